The van der Waals surface area contributed by atoms with E-state index < -0.39 is 0 Å². The van der Waals surface area contributed by atoms with Crippen LogP contribution < -0.4 is 5.32 Å². The SMILES string of the molecule is CC1=C(C)SC(C)=C(C)N1. The van der Waals surface area contributed by atoms with Crippen LogP contribution in [0, 0.1) is 0 Å². The Balaban J connectivity index is 2.81. The summed E-state index contributed by atoms with van der Waals surface area (Å²) < 4.78 is 0. The molecule has 1 N–H and O–H groups in total. The highest BCUT2D eigenvalue weighted by molar-refractivity contribution is 8.06. The van der Waals surface area contributed by atoms with Crippen LogP contribution in [0.25, 0.3) is 0 Å². The quantitative estimate of drug-likeness (QED) is 0.577. The molecule has 1 heterocycles. The fraction of sp³-hybridized carbons (Fsp3) is 0.500. The fourth-order valence-electron chi connectivity index (χ4n) is 0.840. The van der Waals surface area contributed by atoms with Gasteiger partial charge < -0.3 is 5.32 Å². The summed E-state index contributed by atoms with van der Waals surface area (Å²) in [5, 5.41) is 3.32. The van der Waals surface area contributed by atoms with Gasteiger partial charge in [-0.1, -0.05) is 11.8 Å². The first-order valence-electron chi connectivity index (χ1n) is 3.41. The molecule has 0 radical (unpaired) electrons. The molecule has 2 heteroatoms. The molecule has 0 bridgehead atoms. The van der Waals surface area contributed by atoms with E-state index in [-0.39, 0.29) is 0 Å². The molecule has 10 heavy (non-hydrogen) atoms. The lowest BCUT2D eigenvalue weighted by molar-refractivity contribution is 0.943. The van der Waals surface area contributed by atoms with Crippen molar-refractivity contribution in [1.82, 2.24) is 5.32 Å². The van der Waals surface area contributed by atoms with E-state index in [1.54, 1.807) is 0 Å². The zero-order valence-electron chi connectivity index (χ0n) is 6.91. The van der Waals surface area contributed by atoms with Crippen LogP contribution >= 0.6 is 11.8 Å². The molecule has 0 aromatic carbocycles. The Kier molecular flexibility index (Phi) is 2.09. The van der Waals surface area contributed by atoms with Gasteiger partial charge in [-0.2, -0.15) is 0 Å². The lowest BCUT2D eigenvalue weighted by atomic mass is 10.3. The molecule has 1 rings (SSSR count). The van der Waals surface area contributed by atoms with Gasteiger partial charge in [-0.05, 0) is 27.7 Å². The molecule has 1 aliphatic rings. The van der Waals surface area contributed by atoms with Crippen molar-refractivity contribution in [3.05, 3.63) is 21.2 Å². The molecule has 0 unspecified atom stereocenters. The highest BCUT2D eigenvalue weighted by Crippen LogP contribution is 2.31. The Bertz CT molecular complexity index is 169. The predicted molar refractivity (Wildman–Crippen MR) is 47.5 cm³/mol. The highest BCUT2D eigenvalue weighted by Gasteiger charge is 2.08. The van der Waals surface area contributed by atoms with Gasteiger partial charge in [-0.3, -0.25) is 0 Å². The maximum absolute atomic E-state index is 3.32. The summed E-state index contributed by atoms with van der Waals surface area (Å²) >= 11 is 1.85. The summed E-state index contributed by atoms with van der Waals surface area (Å²) in [5.74, 6) is 0. The van der Waals surface area contributed by atoms with Crippen LogP contribution in [-0.4, -0.2) is 0 Å². The molecule has 56 valence electrons. The van der Waals surface area contributed by atoms with Crippen LogP contribution in [0.5, 0.6) is 0 Å². The topological polar surface area (TPSA) is 12.0 Å². The van der Waals surface area contributed by atoms with Crippen LogP contribution in [0.15, 0.2) is 21.2 Å². The maximum Gasteiger partial charge on any atom is 0.0214 e. The number of allylic oxidation sites excluding steroid dienone is 4. The predicted octanol–water partition coefficient (Wildman–Crippen LogP) is 2.83. The van der Waals surface area contributed by atoms with E-state index in [1.807, 2.05) is 11.8 Å². The van der Waals surface area contributed by atoms with Gasteiger partial charge in [-0.25, -0.2) is 0 Å². The average Bonchev–Trinajstić information content (AvgIpc) is 1.84. The molecule has 0 fully saturated rings. The van der Waals surface area contributed by atoms with Gasteiger partial charge in [0.1, 0.15) is 0 Å². The van der Waals surface area contributed by atoms with Gasteiger partial charge in [0.15, 0.2) is 0 Å². The molecule has 1 nitrogen and oxygen atoms in total. The summed E-state index contributed by atoms with van der Waals surface area (Å²) in [4.78, 5) is 2.76. The molecule has 0 aromatic heterocycles. The normalized spacial score (nSPS) is 19.6. The number of hydrogen-bond acceptors (Lipinski definition) is 2. The Labute approximate surface area is 66.6 Å². The van der Waals surface area contributed by atoms with E-state index in [2.05, 4.69) is 33.0 Å². The van der Waals surface area contributed by atoms with Gasteiger partial charge in [0.2, 0.25) is 0 Å². The Morgan fingerprint density at radius 2 is 1.30 bits per heavy atom. The first-order chi connectivity index (χ1) is 4.61. The van der Waals surface area contributed by atoms with E-state index >= 15 is 0 Å². The van der Waals surface area contributed by atoms with Crippen LogP contribution in [-0.2, 0) is 0 Å². The third-order valence-electron chi connectivity index (χ3n) is 1.74. The number of hydrogen-bond donors (Lipinski definition) is 1. The standard InChI is InChI=1S/C8H13NS/c1-5-7(3)10-8(4)6(2)9-5/h9H,1-4H3. The third-order valence-corrected chi connectivity index (χ3v) is 2.96. The highest BCUT2D eigenvalue weighted by atomic mass is 32.2. The number of thioether (sulfide) groups is 1. The van der Waals surface area contributed by atoms with Gasteiger partial charge in [0.25, 0.3) is 0 Å². The van der Waals surface area contributed by atoms with Crippen molar-refractivity contribution in [2.24, 2.45) is 0 Å². The van der Waals surface area contributed by atoms with Gasteiger partial charge in [0.05, 0.1) is 0 Å². The molecular weight excluding hydrogens is 142 g/mol. The van der Waals surface area contributed by atoms with Crippen molar-refractivity contribution < 1.29 is 0 Å². The van der Waals surface area contributed by atoms with Gasteiger partial charge in [-0.15, -0.1) is 0 Å². The molecule has 1 aliphatic heterocycles. The largest absolute Gasteiger partial charge is 0.361 e. The summed E-state index contributed by atoms with van der Waals surface area (Å²) in [5.41, 5.74) is 2.57. The second kappa shape index (κ2) is 2.70. The smallest absolute Gasteiger partial charge is 0.0214 e. The van der Waals surface area contributed by atoms with Crippen LogP contribution in [0.4, 0.5) is 0 Å². The average molecular weight is 155 g/mol. The fourth-order valence-corrected chi connectivity index (χ4v) is 1.71. The second-order valence-corrected chi connectivity index (χ2v) is 4.02. The van der Waals surface area contributed by atoms with E-state index in [0.29, 0.717) is 0 Å². The summed E-state index contributed by atoms with van der Waals surface area (Å²) in [6.07, 6.45) is 0. The van der Waals surface area contributed by atoms with E-state index in [4.69, 9.17) is 0 Å². The first kappa shape index (κ1) is 7.73. The zero-order chi connectivity index (χ0) is 7.72. The lowest BCUT2D eigenvalue weighted by Gasteiger charge is -2.18. The molecule has 0 atom stereocenters. The minimum Gasteiger partial charge on any atom is -0.361 e. The van der Waals surface area contributed by atoms with Crippen LogP contribution in [0.3, 0.4) is 0 Å². The van der Waals surface area contributed by atoms with Crippen LogP contribution in [0.1, 0.15) is 27.7 Å². The van der Waals surface area contributed by atoms with Crippen molar-refractivity contribution in [3.8, 4) is 0 Å². The zero-order valence-corrected chi connectivity index (χ0v) is 7.72. The van der Waals surface area contributed by atoms with Crippen molar-refractivity contribution >= 4 is 11.8 Å². The lowest BCUT2D eigenvalue weighted by Crippen LogP contribution is -2.13. The Morgan fingerprint density at radius 1 is 0.900 bits per heavy atom. The Hall–Kier alpha value is -0.370. The molecule has 0 amide bonds. The monoisotopic (exact) mass is 155 g/mol. The minimum atomic E-state index is 1.29. The van der Waals surface area contributed by atoms with Crippen LogP contribution in [0.2, 0.25) is 0 Å². The number of nitrogens with one attached hydrogen (secondary N) is 1. The Morgan fingerprint density at radius 3 is 1.60 bits per heavy atom. The molecule has 0 saturated carbocycles. The molecule has 0 aliphatic carbocycles. The maximum atomic E-state index is 3.32. The van der Waals surface area contributed by atoms with Gasteiger partial charge >= 0.3 is 0 Å². The summed E-state index contributed by atoms with van der Waals surface area (Å²) in [6.45, 7) is 8.50. The van der Waals surface area contributed by atoms with E-state index in [0.717, 1.165) is 0 Å². The third kappa shape index (κ3) is 1.37. The van der Waals surface area contributed by atoms with Crippen molar-refractivity contribution in [2.75, 3.05) is 0 Å². The minimum absolute atomic E-state index is 1.29. The van der Waals surface area contributed by atoms with Crippen molar-refractivity contribution in [3.63, 3.8) is 0 Å². The van der Waals surface area contributed by atoms with Crippen molar-refractivity contribution in [1.29, 1.82) is 0 Å². The molecule has 0 saturated heterocycles. The van der Waals surface area contributed by atoms with Gasteiger partial charge in [0, 0.05) is 21.2 Å². The summed E-state index contributed by atoms with van der Waals surface area (Å²) in [6, 6.07) is 0. The summed E-state index contributed by atoms with van der Waals surface area (Å²) in [7, 11) is 0. The van der Waals surface area contributed by atoms with E-state index in [1.165, 1.54) is 21.2 Å². The number of rotatable bonds is 0. The molecular formula is C8H13NS. The molecule has 0 spiro atoms. The van der Waals surface area contributed by atoms with E-state index in [9.17, 15) is 0 Å². The molecule has 0 aromatic rings. The second-order valence-electron chi connectivity index (χ2n) is 2.59. The first-order valence-corrected chi connectivity index (χ1v) is 4.22. The van der Waals surface area contributed by atoms with Crippen molar-refractivity contribution in [2.45, 2.75) is 27.7 Å².